The van der Waals surface area contributed by atoms with Gasteiger partial charge in [0.2, 0.25) is 5.91 Å². The highest BCUT2D eigenvalue weighted by Crippen LogP contribution is 2.30. The lowest BCUT2D eigenvalue weighted by Crippen LogP contribution is -2.20. The second-order valence-corrected chi connectivity index (χ2v) is 5.51. The Kier molecular flexibility index (Phi) is 4.65. The van der Waals surface area contributed by atoms with Gasteiger partial charge in [-0.3, -0.25) is 4.79 Å². The fourth-order valence-corrected chi connectivity index (χ4v) is 2.37. The zero-order chi connectivity index (χ0) is 16.9. The zero-order valence-corrected chi connectivity index (χ0v) is 13.3. The SMILES string of the molecule is Cc1ccc(O)c(/C=N/NC(=O)Cc2ccc3c(c2)OCCO3)c1. The number of amides is 1. The van der Waals surface area contributed by atoms with Crippen LogP contribution in [0.2, 0.25) is 0 Å². The average Bonchev–Trinajstić information content (AvgIpc) is 2.58. The van der Waals surface area contributed by atoms with Crippen molar-refractivity contribution in [3.05, 3.63) is 53.1 Å². The molecule has 0 unspecified atom stereocenters. The molecule has 1 amide bonds. The molecule has 1 heterocycles. The third-order valence-electron chi connectivity index (χ3n) is 3.55. The van der Waals surface area contributed by atoms with Crippen LogP contribution in [0.25, 0.3) is 0 Å². The highest BCUT2D eigenvalue weighted by Gasteiger charge is 2.13. The molecule has 124 valence electrons. The molecule has 1 aliphatic heterocycles. The monoisotopic (exact) mass is 326 g/mol. The summed E-state index contributed by atoms with van der Waals surface area (Å²) in [4.78, 5) is 12.0. The van der Waals surface area contributed by atoms with Gasteiger partial charge in [0.05, 0.1) is 12.6 Å². The number of nitrogens with one attached hydrogen (secondary N) is 1. The molecule has 0 aromatic heterocycles. The molecule has 0 saturated heterocycles. The fourth-order valence-electron chi connectivity index (χ4n) is 2.37. The maximum Gasteiger partial charge on any atom is 0.244 e. The molecule has 0 fully saturated rings. The van der Waals surface area contributed by atoms with E-state index in [4.69, 9.17) is 9.47 Å². The second-order valence-electron chi connectivity index (χ2n) is 5.51. The van der Waals surface area contributed by atoms with Gasteiger partial charge in [-0.1, -0.05) is 17.7 Å². The summed E-state index contributed by atoms with van der Waals surface area (Å²) < 4.78 is 10.9. The van der Waals surface area contributed by atoms with E-state index in [1.54, 1.807) is 30.3 Å². The number of phenols is 1. The van der Waals surface area contributed by atoms with E-state index in [1.165, 1.54) is 6.21 Å². The van der Waals surface area contributed by atoms with Gasteiger partial charge in [-0.25, -0.2) is 5.43 Å². The molecule has 0 atom stereocenters. The highest BCUT2D eigenvalue weighted by atomic mass is 16.6. The molecule has 0 aliphatic carbocycles. The molecular formula is C18H18N2O4. The van der Waals surface area contributed by atoms with E-state index < -0.39 is 0 Å². The number of benzene rings is 2. The maximum absolute atomic E-state index is 12.0. The Labute approximate surface area is 139 Å². The number of carbonyl (C=O) groups is 1. The molecule has 6 heteroatoms. The Bertz CT molecular complexity index is 787. The molecule has 2 N–H and O–H groups in total. The quantitative estimate of drug-likeness (QED) is 0.666. The number of carbonyl (C=O) groups excluding carboxylic acids is 1. The van der Waals surface area contributed by atoms with Crippen molar-refractivity contribution in [2.45, 2.75) is 13.3 Å². The van der Waals surface area contributed by atoms with Crippen molar-refractivity contribution in [3.8, 4) is 17.2 Å². The van der Waals surface area contributed by atoms with E-state index in [0.717, 1.165) is 11.1 Å². The normalized spacial score (nSPS) is 13.0. The minimum atomic E-state index is -0.255. The van der Waals surface area contributed by atoms with Crippen molar-refractivity contribution in [2.75, 3.05) is 13.2 Å². The molecule has 0 saturated carbocycles. The molecule has 3 rings (SSSR count). The minimum Gasteiger partial charge on any atom is -0.507 e. The van der Waals surface area contributed by atoms with Crippen LogP contribution in [0.15, 0.2) is 41.5 Å². The van der Waals surface area contributed by atoms with E-state index in [-0.39, 0.29) is 18.1 Å². The average molecular weight is 326 g/mol. The number of hydrogen-bond acceptors (Lipinski definition) is 5. The second kappa shape index (κ2) is 7.04. The molecule has 0 radical (unpaired) electrons. The van der Waals surface area contributed by atoms with E-state index in [9.17, 15) is 9.90 Å². The van der Waals surface area contributed by atoms with Gasteiger partial charge in [0.25, 0.3) is 0 Å². The molecule has 2 aromatic carbocycles. The maximum atomic E-state index is 12.0. The predicted octanol–water partition coefficient (Wildman–Crippen LogP) is 2.16. The smallest absolute Gasteiger partial charge is 0.244 e. The number of nitrogens with zero attached hydrogens (tertiary/aromatic N) is 1. The van der Waals surface area contributed by atoms with E-state index in [0.29, 0.717) is 30.3 Å². The van der Waals surface area contributed by atoms with E-state index in [2.05, 4.69) is 10.5 Å². The topological polar surface area (TPSA) is 80.2 Å². The first kappa shape index (κ1) is 15.9. The third kappa shape index (κ3) is 3.84. The van der Waals surface area contributed by atoms with Crippen molar-refractivity contribution in [2.24, 2.45) is 5.10 Å². The van der Waals surface area contributed by atoms with Crippen molar-refractivity contribution in [1.29, 1.82) is 0 Å². The fraction of sp³-hybridized carbons (Fsp3) is 0.222. The van der Waals surface area contributed by atoms with E-state index in [1.807, 2.05) is 13.0 Å². The van der Waals surface area contributed by atoms with Crippen LogP contribution >= 0.6 is 0 Å². The van der Waals surface area contributed by atoms with Crippen molar-refractivity contribution in [3.63, 3.8) is 0 Å². The van der Waals surface area contributed by atoms with Crippen molar-refractivity contribution >= 4 is 12.1 Å². The standard InChI is InChI=1S/C18H18N2O4/c1-12-2-4-15(21)14(8-12)11-19-20-18(22)10-13-3-5-16-17(9-13)24-7-6-23-16/h2-5,8-9,11,21H,6-7,10H2,1H3,(H,20,22)/b19-11+. The summed E-state index contributed by atoms with van der Waals surface area (Å²) in [6, 6.07) is 10.6. The first-order valence-electron chi connectivity index (χ1n) is 7.62. The lowest BCUT2D eigenvalue weighted by molar-refractivity contribution is -0.120. The summed E-state index contributed by atoms with van der Waals surface area (Å²) in [5.41, 5.74) is 4.81. The third-order valence-corrected chi connectivity index (χ3v) is 3.55. The van der Waals surface area contributed by atoms with Gasteiger partial charge in [-0.2, -0.15) is 5.10 Å². The van der Waals surface area contributed by atoms with Crippen LogP contribution in [0.4, 0.5) is 0 Å². The van der Waals surface area contributed by atoms with Gasteiger partial charge in [-0.05, 0) is 36.8 Å². The molecule has 24 heavy (non-hydrogen) atoms. The zero-order valence-electron chi connectivity index (χ0n) is 13.3. The van der Waals surface area contributed by atoms with Crippen LogP contribution in [-0.4, -0.2) is 30.4 Å². The lowest BCUT2D eigenvalue weighted by atomic mass is 10.1. The lowest BCUT2D eigenvalue weighted by Gasteiger charge is -2.18. The number of ether oxygens (including phenoxy) is 2. The van der Waals surface area contributed by atoms with Gasteiger partial charge in [0, 0.05) is 5.56 Å². The van der Waals surface area contributed by atoms with Crippen LogP contribution in [0.3, 0.4) is 0 Å². The van der Waals surface area contributed by atoms with Crippen molar-refractivity contribution in [1.82, 2.24) is 5.43 Å². The molecule has 2 aromatic rings. The number of rotatable bonds is 4. The van der Waals surface area contributed by atoms with Gasteiger partial charge < -0.3 is 14.6 Å². The van der Waals surface area contributed by atoms with Crippen LogP contribution in [0, 0.1) is 6.92 Å². The number of hydrazone groups is 1. The predicted molar refractivity (Wildman–Crippen MR) is 89.7 cm³/mol. The largest absolute Gasteiger partial charge is 0.507 e. The Morgan fingerprint density at radius 1 is 1.21 bits per heavy atom. The molecule has 0 bridgehead atoms. The number of aromatic hydroxyl groups is 1. The van der Waals surface area contributed by atoms with Crippen LogP contribution in [0.1, 0.15) is 16.7 Å². The number of phenolic OH excluding ortho intramolecular Hbond substituents is 1. The van der Waals surface area contributed by atoms with Gasteiger partial charge in [0.15, 0.2) is 11.5 Å². The molecule has 6 nitrogen and oxygen atoms in total. The molecular weight excluding hydrogens is 308 g/mol. The summed E-state index contributed by atoms with van der Waals surface area (Å²) >= 11 is 0. The van der Waals surface area contributed by atoms with Crippen LogP contribution < -0.4 is 14.9 Å². The highest BCUT2D eigenvalue weighted by molar-refractivity contribution is 5.85. The summed E-state index contributed by atoms with van der Waals surface area (Å²) in [7, 11) is 0. The van der Waals surface area contributed by atoms with Gasteiger partial charge >= 0.3 is 0 Å². The van der Waals surface area contributed by atoms with Crippen LogP contribution in [0.5, 0.6) is 17.2 Å². The Hall–Kier alpha value is -3.02. The number of aryl methyl sites for hydroxylation is 1. The summed E-state index contributed by atoms with van der Waals surface area (Å²) in [5, 5.41) is 13.6. The Morgan fingerprint density at radius 3 is 2.83 bits per heavy atom. The summed E-state index contributed by atoms with van der Waals surface area (Å²) in [5.74, 6) is 1.21. The van der Waals surface area contributed by atoms with Crippen molar-refractivity contribution < 1.29 is 19.4 Å². The first-order valence-corrected chi connectivity index (χ1v) is 7.62. The number of fused-ring (bicyclic) bond motifs is 1. The van der Waals surface area contributed by atoms with E-state index >= 15 is 0 Å². The van der Waals surface area contributed by atoms with Gasteiger partial charge in [0.1, 0.15) is 19.0 Å². The summed E-state index contributed by atoms with van der Waals surface area (Å²) in [6.45, 7) is 2.96. The first-order chi connectivity index (χ1) is 11.6. The number of hydrogen-bond donors (Lipinski definition) is 2. The summed E-state index contributed by atoms with van der Waals surface area (Å²) in [6.07, 6.45) is 1.60. The Morgan fingerprint density at radius 2 is 2.00 bits per heavy atom. The minimum absolute atomic E-state index is 0.116. The Balaban J connectivity index is 1.59. The van der Waals surface area contributed by atoms with Gasteiger partial charge in [-0.15, -0.1) is 0 Å². The van der Waals surface area contributed by atoms with Crippen LogP contribution in [-0.2, 0) is 11.2 Å². The molecule has 0 spiro atoms. The molecule has 1 aliphatic rings.